The van der Waals surface area contributed by atoms with Crippen LogP contribution in [0.15, 0.2) is 60.7 Å². The molecule has 2 aromatic carbocycles. The van der Waals surface area contributed by atoms with Gasteiger partial charge in [-0.05, 0) is 79.2 Å². The Balaban J connectivity index is 1.60. The van der Waals surface area contributed by atoms with Gasteiger partial charge in [-0.2, -0.15) is 0 Å². The molecule has 18 heteroatoms. The maximum atomic E-state index is 14.7. The highest BCUT2D eigenvalue weighted by molar-refractivity contribution is 5.99. The van der Waals surface area contributed by atoms with Crippen molar-refractivity contribution in [3.63, 3.8) is 0 Å². The fraction of sp³-hybridized carbons (Fsp3) is 0.632. The van der Waals surface area contributed by atoms with E-state index in [0.717, 1.165) is 5.56 Å². The molecular formula is C57H85N9O9. The summed E-state index contributed by atoms with van der Waals surface area (Å²) in [7, 11) is 0. The van der Waals surface area contributed by atoms with Crippen LogP contribution >= 0.6 is 0 Å². The van der Waals surface area contributed by atoms with Gasteiger partial charge in [0, 0.05) is 25.9 Å². The highest BCUT2D eigenvalue weighted by Gasteiger charge is 2.45. The Morgan fingerprint density at radius 3 is 1.23 bits per heavy atom. The van der Waals surface area contributed by atoms with E-state index in [1.54, 1.807) is 39.8 Å². The van der Waals surface area contributed by atoms with Crippen LogP contribution in [0.5, 0.6) is 0 Å². The molecule has 3 heterocycles. The first-order chi connectivity index (χ1) is 35.6. The number of nitrogens with zero attached hydrogens (tertiary/aromatic N) is 2. The molecule has 3 fully saturated rings. The van der Waals surface area contributed by atoms with E-state index in [2.05, 4.69) is 37.2 Å². The number of carbonyl (C=O) groups excluding carboxylic acids is 9. The summed E-state index contributed by atoms with van der Waals surface area (Å²) in [5, 5.41) is 20.4. The normalized spacial score (nSPS) is 27.3. The molecule has 0 saturated carbocycles. The summed E-state index contributed by atoms with van der Waals surface area (Å²) in [4.78, 5) is 134. The van der Waals surface area contributed by atoms with Gasteiger partial charge in [0.25, 0.3) is 0 Å². The van der Waals surface area contributed by atoms with Gasteiger partial charge >= 0.3 is 0 Å². The zero-order valence-corrected chi connectivity index (χ0v) is 45.9. The Kier molecular flexibility index (Phi) is 22.2. The fourth-order valence-electron chi connectivity index (χ4n) is 10.2. The van der Waals surface area contributed by atoms with Crippen molar-refractivity contribution < 1.29 is 43.2 Å². The van der Waals surface area contributed by atoms with Gasteiger partial charge in [-0.1, -0.05) is 143 Å². The Bertz CT molecular complexity index is 2300. The Morgan fingerprint density at radius 1 is 0.427 bits per heavy atom. The summed E-state index contributed by atoms with van der Waals surface area (Å²) >= 11 is 0. The fourth-order valence-corrected chi connectivity index (χ4v) is 10.2. The van der Waals surface area contributed by atoms with E-state index in [1.165, 1.54) is 9.80 Å². The van der Waals surface area contributed by atoms with Gasteiger partial charge in [-0.15, -0.1) is 0 Å². The smallest absolute Gasteiger partial charge is 0.246 e. The van der Waals surface area contributed by atoms with Crippen LogP contribution in [-0.2, 0) is 56.0 Å². The Labute approximate surface area is 444 Å². The molecule has 75 heavy (non-hydrogen) atoms. The lowest BCUT2D eigenvalue weighted by Gasteiger charge is -2.35. The molecule has 3 aliphatic rings. The molecule has 2 aromatic rings. The number of amides is 9. The quantitative estimate of drug-likeness (QED) is 0.155. The van der Waals surface area contributed by atoms with Crippen molar-refractivity contribution in [3.05, 3.63) is 71.8 Å². The first-order valence-electron chi connectivity index (χ1n) is 27.4. The molecule has 412 valence electrons. The van der Waals surface area contributed by atoms with Gasteiger partial charge in [-0.25, -0.2) is 0 Å². The number of fused-ring (bicyclic) bond motifs is 2. The van der Waals surface area contributed by atoms with Crippen molar-refractivity contribution in [2.75, 3.05) is 13.1 Å². The first-order valence-corrected chi connectivity index (χ1v) is 27.4. The molecule has 5 rings (SSSR count). The highest BCUT2D eigenvalue weighted by Crippen LogP contribution is 2.27. The van der Waals surface area contributed by atoms with E-state index in [4.69, 9.17) is 0 Å². The van der Waals surface area contributed by atoms with E-state index >= 15 is 0 Å². The van der Waals surface area contributed by atoms with Gasteiger partial charge in [-0.3, -0.25) is 43.2 Å². The molecule has 0 radical (unpaired) electrons. The lowest BCUT2D eigenvalue weighted by Crippen LogP contribution is -2.62. The maximum absolute atomic E-state index is 14.7. The van der Waals surface area contributed by atoms with Crippen molar-refractivity contribution in [1.82, 2.24) is 47.0 Å². The van der Waals surface area contributed by atoms with Crippen LogP contribution < -0.4 is 37.2 Å². The van der Waals surface area contributed by atoms with E-state index < -0.39 is 125 Å². The van der Waals surface area contributed by atoms with Crippen molar-refractivity contribution in [3.8, 4) is 0 Å². The average Bonchev–Trinajstić information content (AvgIpc) is 4.08. The number of benzene rings is 2. The standard InChI is InChI=1S/C57H85N9O9/c1-11-36(9)47-54(72)61-41(30-34(5)6)51(69)62-46(35(7)8)57(75)66-28-20-26-45(66)56(74)65-27-19-25-44(65)53(71)60-43(32-39-23-17-14-18-24-39)50(68)59-42(31-38-21-15-13-16-22-38)49(67)58-40(29-33(3)4)52(70)63-48(37(10)12-2)55(73)64-47/h13-18,21-24,33-37,40-48H,11-12,19-20,25-32H2,1-10H3,(H,58,67)(H,59,68)(H,60,71)(H,61,72)(H,62,69)(H,63,70)(H,64,73)/t36-,37-,40+,41-,42-,43-,44-,45-,46-,47-,48-/m0/s1. The summed E-state index contributed by atoms with van der Waals surface area (Å²) in [5.41, 5.74) is 1.44. The molecule has 0 aliphatic carbocycles. The summed E-state index contributed by atoms with van der Waals surface area (Å²) in [6, 6.07) is 8.18. The summed E-state index contributed by atoms with van der Waals surface area (Å²) in [6.07, 6.45) is 3.02. The number of carbonyl (C=O) groups is 9. The van der Waals surface area contributed by atoms with Crippen LogP contribution in [0.2, 0.25) is 0 Å². The first kappa shape index (κ1) is 59.5. The number of hydrogen-bond acceptors (Lipinski definition) is 9. The average molecular weight is 1040 g/mol. The predicted octanol–water partition coefficient (Wildman–Crippen LogP) is 3.70. The van der Waals surface area contributed by atoms with Crippen molar-refractivity contribution in [2.45, 2.75) is 188 Å². The topological polar surface area (TPSA) is 244 Å². The van der Waals surface area contributed by atoms with Crippen molar-refractivity contribution in [1.29, 1.82) is 0 Å². The molecule has 3 aliphatic heterocycles. The van der Waals surface area contributed by atoms with Gasteiger partial charge in [0.2, 0.25) is 53.2 Å². The predicted molar refractivity (Wildman–Crippen MR) is 286 cm³/mol. The number of nitrogens with one attached hydrogen (secondary N) is 7. The number of rotatable bonds is 13. The van der Waals surface area contributed by atoms with Gasteiger partial charge in [0.15, 0.2) is 0 Å². The SMILES string of the molecule is CC[C@H](C)[C@@H]1NC(=O)[C@H]([C@@H](C)CC)NC(=O)[C@@H](CC(C)C)NC(=O)[C@H](Cc2ccccc2)NC(=O)[C@H](Cc2ccccc2)NC(=O)[C@@H]2CCCN2C(=O)[C@@H]2CCCN2C(=O)[C@H](C(C)C)NC(=O)[C@H](CC(C)C)NC1=O. The van der Waals surface area contributed by atoms with Crippen LogP contribution in [0.1, 0.15) is 132 Å². The molecule has 0 aromatic heterocycles. The van der Waals surface area contributed by atoms with Crippen LogP contribution in [0.25, 0.3) is 0 Å². The van der Waals surface area contributed by atoms with Gasteiger partial charge < -0.3 is 47.0 Å². The molecule has 7 N–H and O–H groups in total. The third-order valence-corrected chi connectivity index (χ3v) is 15.0. The largest absolute Gasteiger partial charge is 0.343 e. The maximum Gasteiger partial charge on any atom is 0.246 e. The molecule has 0 unspecified atom stereocenters. The van der Waals surface area contributed by atoms with E-state index in [-0.39, 0.29) is 50.6 Å². The summed E-state index contributed by atoms with van der Waals surface area (Å²) in [6.45, 7) is 19.0. The number of hydrogen-bond donors (Lipinski definition) is 7. The second-order valence-corrected chi connectivity index (χ2v) is 22.2. The summed E-state index contributed by atoms with van der Waals surface area (Å²) < 4.78 is 0. The molecule has 11 atom stereocenters. The second-order valence-electron chi connectivity index (χ2n) is 22.2. The third-order valence-electron chi connectivity index (χ3n) is 15.0. The van der Waals surface area contributed by atoms with Gasteiger partial charge in [0.1, 0.15) is 54.4 Å². The minimum atomic E-state index is -1.24. The molecule has 3 saturated heterocycles. The molecular weight excluding hydrogens is 955 g/mol. The van der Waals surface area contributed by atoms with E-state index in [0.29, 0.717) is 44.1 Å². The third kappa shape index (κ3) is 16.3. The van der Waals surface area contributed by atoms with Crippen LogP contribution in [0, 0.1) is 29.6 Å². The van der Waals surface area contributed by atoms with Gasteiger partial charge in [0.05, 0.1) is 0 Å². The lowest BCUT2D eigenvalue weighted by molar-refractivity contribution is -0.148. The lowest BCUT2D eigenvalue weighted by atomic mass is 9.93. The molecule has 0 spiro atoms. The Hall–Kier alpha value is -6.33. The minimum absolute atomic E-state index is 0.0235. The van der Waals surface area contributed by atoms with E-state index in [9.17, 15) is 43.2 Å². The van der Waals surface area contributed by atoms with Crippen molar-refractivity contribution in [2.24, 2.45) is 29.6 Å². The summed E-state index contributed by atoms with van der Waals surface area (Å²) in [5.74, 6) is -6.75. The van der Waals surface area contributed by atoms with Crippen LogP contribution in [-0.4, -0.2) is 130 Å². The zero-order valence-electron chi connectivity index (χ0n) is 45.9. The molecule has 0 bridgehead atoms. The monoisotopic (exact) mass is 1040 g/mol. The highest BCUT2D eigenvalue weighted by atomic mass is 16.2. The molecule has 18 nitrogen and oxygen atoms in total. The molecule has 9 amide bonds. The minimum Gasteiger partial charge on any atom is -0.343 e. The Morgan fingerprint density at radius 2 is 0.787 bits per heavy atom. The van der Waals surface area contributed by atoms with Crippen molar-refractivity contribution >= 4 is 53.2 Å². The zero-order chi connectivity index (χ0) is 55.1. The second kappa shape index (κ2) is 28.0. The van der Waals surface area contributed by atoms with E-state index in [1.807, 2.05) is 90.1 Å². The van der Waals surface area contributed by atoms with Crippen LogP contribution in [0.4, 0.5) is 0 Å². The van der Waals surface area contributed by atoms with Crippen LogP contribution in [0.3, 0.4) is 0 Å².